The molecule has 1 saturated heterocycles. The van der Waals surface area contributed by atoms with E-state index in [1.165, 1.54) is 0 Å². The van der Waals surface area contributed by atoms with Crippen molar-refractivity contribution in [1.29, 1.82) is 0 Å². The van der Waals surface area contributed by atoms with Crippen LogP contribution in [0.15, 0.2) is 59.0 Å². The summed E-state index contributed by atoms with van der Waals surface area (Å²) in [5.41, 5.74) is 2.41. The average Bonchev–Trinajstić information content (AvgIpc) is 3.27. The molecule has 0 saturated carbocycles. The van der Waals surface area contributed by atoms with E-state index in [1.807, 2.05) is 24.3 Å². The average molecular weight is 476 g/mol. The van der Waals surface area contributed by atoms with Crippen molar-refractivity contribution in [3.05, 3.63) is 70.4 Å². The first kappa shape index (κ1) is 21.6. The molecule has 160 valence electrons. The molecule has 0 bridgehead atoms. The van der Waals surface area contributed by atoms with Crippen molar-refractivity contribution < 1.29 is 13.9 Å². The van der Waals surface area contributed by atoms with Crippen LogP contribution in [0.25, 0.3) is 11.3 Å². The number of nitrogens with one attached hydrogen (secondary N) is 2. The van der Waals surface area contributed by atoms with Crippen LogP contribution in [0.2, 0.25) is 10.0 Å². The van der Waals surface area contributed by atoms with Gasteiger partial charge in [-0.05, 0) is 48.6 Å². The van der Waals surface area contributed by atoms with Crippen LogP contribution in [0.5, 0.6) is 0 Å². The minimum Gasteiger partial charge on any atom is -0.451 e. The van der Waals surface area contributed by atoms with Gasteiger partial charge in [-0.2, -0.15) is 0 Å². The van der Waals surface area contributed by atoms with E-state index in [0.717, 1.165) is 24.5 Å². The van der Waals surface area contributed by atoms with Crippen LogP contribution in [0, 0.1) is 0 Å². The molecule has 0 aliphatic carbocycles. The van der Waals surface area contributed by atoms with E-state index in [-0.39, 0.29) is 10.9 Å². The lowest BCUT2D eigenvalue weighted by Gasteiger charge is -2.30. The second-order valence-electron chi connectivity index (χ2n) is 6.79. The summed E-state index contributed by atoms with van der Waals surface area (Å²) >= 11 is 17.6. The fourth-order valence-corrected chi connectivity index (χ4v) is 3.87. The maximum Gasteiger partial charge on any atom is 0.293 e. The van der Waals surface area contributed by atoms with Gasteiger partial charge in [-0.15, -0.1) is 0 Å². The highest BCUT2D eigenvalue weighted by Gasteiger charge is 2.18. The van der Waals surface area contributed by atoms with Gasteiger partial charge >= 0.3 is 0 Å². The number of para-hydroxylation sites is 2. The van der Waals surface area contributed by atoms with Crippen molar-refractivity contribution in [3.63, 3.8) is 0 Å². The van der Waals surface area contributed by atoms with Gasteiger partial charge in [0.1, 0.15) is 5.76 Å². The van der Waals surface area contributed by atoms with Crippen molar-refractivity contribution in [3.8, 4) is 11.3 Å². The molecule has 1 aliphatic rings. The van der Waals surface area contributed by atoms with Crippen molar-refractivity contribution in [2.75, 3.05) is 36.5 Å². The minimum absolute atomic E-state index is 0.108. The molecule has 4 rings (SSSR count). The lowest BCUT2D eigenvalue weighted by atomic mass is 10.2. The molecule has 3 aromatic rings. The Kier molecular flexibility index (Phi) is 6.77. The van der Waals surface area contributed by atoms with Crippen LogP contribution in [0.4, 0.5) is 11.4 Å². The van der Waals surface area contributed by atoms with E-state index < -0.39 is 5.91 Å². The summed E-state index contributed by atoms with van der Waals surface area (Å²) in [6.45, 7) is 2.93. The van der Waals surface area contributed by atoms with Crippen LogP contribution in [0.3, 0.4) is 0 Å². The predicted molar refractivity (Wildman–Crippen MR) is 127 cm³/mol. The fourth-order valence-electron chi connectivity index (χ4n) is 3.28. The van der Waals surface area contributed by atoms with Gasteiger partial charge in [0.2, 0.25) is 0 Å². The zero-order valence-electron chi connectivity index (χ0n) is 16.4. The van der Waals surface area contributed by atoms with Gasteiger partial charge in [0, 0.05) is 18.7 Å². The smallest absolute Gasteiger partial charge is 0.293 e. The summed E-state index contributed by atoms with van der Waals surface area (Å²) in [5, 5.41) is 6.69. The topological polar surface area (TPSA) is 66.7 Å². The Morgan fingerprint density at radius 1 is 1.00 bits per heavy atom. The summed E-state index contributed by atoms with van der Waals surface area (Å²) in [4.78, 5) is 14.8. The van der Waals surface area contributed by atoms with Crippen LogP contribution in [-0.2, 0) is 4.74 Å². The number of benzene rings is 2. The Bertz CT molecular complexity index is 1110. The Balaban J connectivity index is 1.44. The van der Waals surface area contributed by atoms with Gasteiger partial charge < -0.3 is 19.4 Å². The van der Waals surface area contributed by atoms with Crippen molar-refractivity contribution in [1.82, 2.24) is 5.32 Å². The molecule has 1 fully saturated rings. The van der Waals surface area contributed by atoms with Gasteiger partial charge in [-0.3, -0.25) is 10.1 Å². The number of carbonyl (C=O) groups is 1. The number of hydrogen-bond donors (Lipinski definition) is 2. The largest absolute Gasteiger partial charge is 0.451 e. The highest BCUT2D eigenvalue weighted by Crippen LogP contribution is 2.34. The number of carbonyl (C=O) groups excluding carboxylic acids is 1. The highest BCUT2D eigenvalue weighted by atomic mass is 35.5. The third-order valence-electron chi connectivity index (χ3n) is 4.78. The number of amides is 1. The quantitative estimate of drug-likeness (QED) is 0.504. The maximum atomic E-state index is 12.6. The first-order valence-electron chi connectivity index (χ1n) is 9.61. The van der Waals surface area contributed by atoms with E-state index in [9.17, 15) is 4.79 Å². The standard InChI is InChI=1S/C22H19Cl2N3O3S/c23-15-5-3-4-14(20(15)24)18-8-9-19(30-18)21(28)26-22(31)25-16-6-1-2-7-17(16)27-10-12-29-13-11-27/h1-9H,10-13H2,(H2,25,26,28,31). The van der Waals surface area contributed by atoms with Crippen LogP contribution < -0.4 is 15.5 Å². The summed E-state index contributed by atoms with van der Waals surface area (Å²) < 4.78 is 11.1. The first-order chi connectivity index (χ1) is 15.0. The van der Waals surface area contributed by atoms with Crippen molar-refractivity contribution in [2.24, 2.45) is 0 Å². The van der Waals surface area contributed by atoms with E-state index in [0.29, 0.717) is 34.6 Å². The second-order valence-corrected chi connectivity index (χ2v) is 7.98. The van der Waals surface area contributed by atoms with Crippen molar-refractivity contribution >= 4 is 57.8 Å². The summed E-state index contributed by atoms with van der Waals surface area (Å²) in [5.74, 6) is 0.0802. The number of nitrogens with zero attached hydrogens (tertiary/aromatic N) is 1. The van der Waals surface area contributed by atoms with Gasteiger partial charge in [0.15, 0.2) is 10.9 Å². The van der Waals surface area contributed by atoms with Gasteiger partial charge in [-0.1, -0.05) is 41.4 Å². The fraction of sp³-hybridized carbons (Fsp3) is 0.182. The molecule has 31 heavy (non-hydrogen) atoms. The lowest BCUT2D eigenvalue weighted by Crippen LogP contribution is -2.38. The van der Waals surface area contributed by atoms with Gasteiger partial charge in [0.25, 0.3) is 5.91 Å². The minimum atomic E-state index is -0.467. The summed E-state index contributed by atoms with van der Waals surface area (Å²) in [6, 6.07) is 16.2. The maximum absolute atomic E-state index is 12.6. The van der Waals surface area contributed by atoms with E-state index in [1.54, 1.807) is 30.3 Å². The zero-order valence-corrected chi connectivity index (χ0v) is 18.7. The van der Waals surface area contributed by atoms with Crippen LogP contribution in [0.1, 0.15) is 10.6 Å². The van der Waals surface area contributed by atoms with Crippen LogP contribution >= 0.6 is 35.4 Å². The molecule has 1 amide bonds. The molecule has 0 radical (unpaired) electrons. The number of ether oxygens (including phenoxy) is 1. The Labute approximate surface area is 195 Å². The zero-order chi connectivity index (χ0) is 21.8. The number of hydrogen-bond acceptors (Lipinski definition) is 5. The lowest BCUT2D eigenvalue weighted by molar-refractivity contribution is 0.0951. The molecule has 1 aromatic heterocycles. The number of furan rings is 1. The van der Waals surface area contributed by atoms with E-state index in [4.69, 9.17) is 44.6 Å². The predicted octanol–water partition coefficient (Wildman–Crippen LogP) is 5.22. The van der Waals surface area contributed by atoms with Gasteiger partial charge in [0.05, 0.1) is 34.6 Å². The van der Waals surface area contributed by atoms with Crippen molar-refractivity contribution in [2.45, 2.75) is 0 Å². The molecule has 2 aromatic carbocycles. The first-order valence-corrected chi connectivity index (χ1v) is 10.8. The number of thiocarbonyl (C=S) groups is 1. The number of morpholine rings is 1. The van der Waals surface area contributed by atoms with E-state index in [2.05, 4.69) is 15.5 Å². The SMILES string of the molecule is O=C(NC(=S)Nc1ccccc1N1CCOCC1)c1ccc(-c2cccc(Cl)c2Cl)o1. The third-order valence-corrected chi connectivity index (χ3v) is 5.80. The number of halogens is 2. The Morgan fingerprint density at radius 2 is 1.77 bits per heavy atom. The molecule has 0 unspecified atom stereocenters. The normalized spacial score (nSPS) is 13.7. The second kappa shape index (κ2) is 9.70. The van der Waals surface area contributed by atoms with E-state index >= 15 is 0 Å². The monoisotopic (exact) mass is 475 g/mol. The number of rotatable bonds is 4. The molecule has 0 atom stereocenters. The molecule has 6 nitrogen and oxygen atoms in total. The molecule has 9 heteroatoms. The highest BCUT2D eigenvalue weighted by molar-refractivity contribution is 7.80. The van der Waals surface area contributed by atoms with Crippen LogP contribution in [-0.4, -0.2) is 37.3 Å². The molecular weight excluding hydrogens is 457 g/mol. The molecular formula is C22H19Cl2N3O3S. The Morgan fingerprint density at radius 3 is 2.58 bits per heavy atom. The summed E-state index contributed by atoms with van der Waals surface area (Å²) in [6.07, 6.45) is 0. The molecule has 2 N–H and O–H groups in total. The Hall–Kier alpha value is -2.58. The molecule has 1 aliphatic heterocycles. The molecule has 2 heterocycles. The number of anilines is 2. The summed E-state index contributed by atoms with van der Waals surface area (Å²) in [7, 11) is 0. The third kappa shape index (κ3) is 5.02. The molecule has 0 spiro atoms. The van der Waals surface area contributed by atoms with Gasteiger partial charge in [-0.25, -0.2) is 0 Å².